The largest absolute Gasteiger partial charge is 0.417 e. The van der Waals surface area contributed by atoms with Crippen molar-refractivity contribution < 1.29 is 26.4 Å². The number of aromatic nitrogens is 1. The molecule has 0 saturated carbocycles. The summed E-state index contributed by atoms with van der Waals surface area (Å²) in [6.45, 7) is 1.64. The maximum Gasteiger partial charge on any atom is 0.417 e. The molecule has 12 heteroatoms. The van der Waals surface area contributed by atoms with Gasteiger partial charge in [-0.3, -0.25) is 14.5 Å². The number of carbonyl (C=O) groups excluding carboxylic acids is 1. The fourth-order valence-corrected chi connectivity index (χ4v) is 3.09. The molecule has 0 bridgehead atoms. The van der Waals surface area contributed by atoms with Crippen molar-refractivity contribution in [1.29, 1.82) is 0 Å². The minimum absolute atomic E-state index is 0.0105. The van der Waals surface area contributed by atoms with Crippen molar-refractivity contribution >= 4 is 43.9 Å². The number of nitrogens with one attached hydrogen (secondary N) is 3. The zero-order chi connectivity index (χ0) is 20.2. The first-order valence-electron chi connectivity index (χ1n) is 7.43. The Morgan fingerprint density at radius 1 is 1.22 bits per heavy atom. The van der Waals surface area contributed by atoms with Crippen LogP contribution in [0.15, 0.2) is 36.7 Å². The van der Waals surface area contributed by atoms with E-state index in [1.165, 1.54) is 18.3 Å². The summed E-state index contributed by atoms with van der Waals surface area (Å²) in [6, 6.07) is 4.47. The van der Waals surface area contributed by atoms with Gasteiger partial charge in [0.15, 0.2) is 0 Å². The van der Waals surface area contributed by atoms with Gasteiger partial charge in [-0.15, -0.1) is 0 Å². The van der Waals surface area contributed by atoms with Crippen LogP contribution in [0.5, 0.6) is 0 Å². The van der Waals surface area contributed by atoms with Gasteiger partial charge in [-0.2, -0.15) is 21.6 Å². The highest BCUT2D eigenvalue weighted by Crippen LogP contribution is 2.37. The van der Waals surface area contributed by atoms with Gasteiger partial charge in [0.1, 0.15) is 0 Å². The second-order valence-corrected chi connectivity index (χ2v) is 7.15. The van der Waals surface area contributed by atoms with Crippen LogP contribution in [0, 0.1) is 0 Å². The average molecular weight is 423 g/mol. The van der Waals surface area contributed by atoms with Crippen molar-refractivity contribution in [3.8, 4) is 0 Å². The maximum absolute atomic E-state index is 13.0. The number of pyridine rings is 1. The molecular formula is C15H14ClF3N4O3S. The van der Waals surface area contributed by atoms with E-state index in [-0.39, 0.29) is 23.6 Å². The highest BCUT2D eigenvalue weighted by atomic mass is 35.5. The molecule has 0 radical (unpaired) electrons. The third kappa shape index (κ3) is 5.23. The van der Waals surface area contributed by atoms with Crippen molar-refractivity contribution in [3.63, 3.8) is 0 Å². The summed E-state index contributed by atoms with van der Waals surface area (Å²) in [7, 11) is -4.41. The number of hydrogen-bond donors (Lipinski definition) is 3. The monoisotopic (exact) mass is 422 g/mol. The van der Waals surface area contributed by atoms with Gasteiger partial charge in [-0.1, -0.05) is 11.6 Å². The quantitative estimate of drug-likeness (QED) is 0.677. The van der Waals surface area contributed by atoms with Crippen LogP contribution in [0.3, 0.4) is 0 Å². The van der Waals surface area contributed by atoms with Gasteiger partial charge in [0, 0.05) is 18.4 Å². The Hall–Kier alpha value is -2.53. The Balaban J connectivity index is 2.33. The van der Waals surface area contributed by atoms with Crippen LogP contribution in [0.2, 0.25) is 5.02 Å². The van der Waals surface area contributed by atoms with Crippen LogP contribution in [0.1, 0.15) is 12.5 Å². The molecular weight excluding hydrogens is 409 g/mol. The maximum atomic E-state index is 13.0. The summed E-state index contributed by atoms with van der Waals surface area (Å²) in [5.74, 6) is 0. The number of sulfonamides is 1. The summed E-state index contributed by atoms with van der Waals surface area (Å²) in [6.07, 6.45) is -2.25. The molecule has 0 spiro atoms. The van der Waals surface area contributed by atoms with E-state index in [9.17, 15) is 26.4 Å². The Kier molecular flexibility index (Phi) is 6.16. The number of nitrogens with zero attached hydrogens (tertiary/aromatic N) is 1. The second kappa shape index (κ2) is 8.01. The van der Waals surface area contributed by atoms with E-state index in [2.05, 4.69) is 15.6 Å². The molecule has 0 aliphatic rings. The Morgan fingerprint density at radius 3 is 2.56 bits per heavy atom. The fourth-order valence-electron chi connectivity index (χ4n) is 1.99. The van der Waals surface area contributed by atoms with Gasteiger partial charge < -0.3 is 10.6 Å². The lowest BCUT2D eigenvalue weighted by molar-refractivity contribution is -0.137. The van der Waals surface area contributed by atoms with E-state index in [1.54, 1.807) is 6.92 Å². The van der Waals surface area contributed by atoms with Crippen LogP contribution in [-0.2, 0) is 16.2 Å². The first kappa shape index (κ1) is 20.8. The Bertz CT molecular complexity index is 952. The smallest absolute Gasteiger partial charge is 0.354 e. The van der Waals surface area contributed by atoms with Crippen molar-refractivity contribution in [1.82, 2.24) is 10.3 Å². The molecule has 1 heterocycles. The molecule has 2 rings (SSSR count). The van der Waals surface area contributed by atoms with Crippen LogP contribution in [0.4, 0.5) is 35.0 Å². The number of alkyl halides is 3. The second-order valence-electron chi connectivity index (χ2n) is 5.16. The molecule has 146 valence electrons. The molecule has 7 nitrogen and oxygen atoms in total. The number of anilines is 3. The van der Waals surface area contributed by atoms with E-state index in [1.807, 2.05) is 4.72 Å². The molecule has 0 atom stereocenters. The highest BCUT2D eigenvalue weighted by Gasteiger charge is 2.33. The summed E-state index contributed by atoms with van der Waals surface area (Å²) < 4.78 is 64.9. The molecule has 0 saturated heterocycles. The van der Waals surface area contributed by atoms with Crippen LogP contribution < -0.4 is 15.4 Å². The summed E-state index contributed by atoms with van der Waals surface area (Å²) in [4.78, 5) is 15.3. The number of benzene rings is 1. The lowest BCUT2D eigenvalue weighted by atomic mass is 10.2. The molecule has 1 aromatic heterocycles. The first-order chi connectivity index (χ1) is 12.5. The molecule has 2 aromatic rings. The van der Waals surface area contributed by atoms with Crippen LogP contribution in [-0.4, -0.2) is 25.2 Å². The van der Waals surface area contributed by atoms with Gasteiger partial charge >= 0.3 is 21.4 Å². The number of halogens is 4. The molecule has 0 aliphatic heterocycles. The standard InChI is InChI=1S/C15H14ClF3N4O3S/c1-2-21-14(24)27(25,26)23-13-8-20-6-5-12(13)22-9-3-4-11(16)10(7-9)15(17,18)19/h3-8,23H,2H2,1H3,(H,20,22)(H,21,24). The number of carbonyl (C=O) groups is 1. The van der Waals surface area contributed by atoms with Gasteiger partial charge in [0.05, 0.1) is 28.2 Å². The normalized spacial score (nSPS) is 11.7. The fraction of sp³-hybridized carbons (Fsp3) is 0.200. The predicted molar refractivity (Wildman–Crippen MR) is 95.6 cm³/mol. The van der Waals surface area contributed by atoms with E-state index in [0.29, 0.717) is 0 Å². The third-order valence-electron chi connectivity index (χ3n) is 3.18. The molecule has 0 aliphatic carbocycles. The van der Waals surface area contributed by atoms with E-state index in [4.69, 9.17) is 11.6 Å². The van der Waals surface area contributed by atoms with Crippen LogP contribution >= 0.6 is 11.6 Å². The minimum Gasteiger partial charge on any atom is -0.354 e. The zero-order valence-corrected chi connectivity index (χ0v) is 15.3. The van der Waals surface area contributed by atoms with Gasteiger partial charge in [0.2, 0.25) is 0 Å². The third-order valence-corrected chi connectivity index (χ3v) is 4.63. The minimum atomic E-state index is -4.66. The predicted octanol–water partition coefficient (Wildman–Crippen LogP) is 3.97. The molecule has 1 amide bonds. The van der Waals surface area contributed by atoms with Gasteiger partial charge in [-0.25, -0.2) is 0 Å². The lowest BCUT2D eigenvalue weighted by Gasteiger charge is -2.15. The molecule has 0 unspecified atom stereocenters. The summed E-state index contributed by atoms with van der Waals surface area (Å²) in [5.41, 5.74) is -1.07. The van der Waals surface area contributed by atoms with E-state index < -0.39 is 32.0 Å². The molecule has 27 heavy (non-hydrogen) atoms. The van der Waals surface area contributed by atoms with Crippen molar-refractivity contribution in [3.05, 3.63) is 47.2 Å². The number of rotatable bonds is 5. The summed E-state index contributed by atoms with van der Waals surface area (Å²) >= 11 is 5.57. The number of hydrogen-bond acceptors (Lipinski definition) is 5. The lowest BCUT2D eigenvalue weighted by Crippen LogP contribution is -2.33. The zero-order valence-electron chi connectivity index (χ0n) is 13.8. The SMILES string of the molecule is CCNC(=O)S(=O)(=O)Nc1cnccc1Nc1ccc(Cl)c(C(F)(F)F)c1. The van der Waals surface area contributed by atoms with Crippen molar-refractivity contribution in [2.45, 2.75) is 13.1 Å². The average Bonchev–Trinajstić information content (AvgIpc) is 2.57. The van der Waals surface area contributed by atoms with E-state index >= 15 is 0 Å². The first-order valence-corrected chi connectivity index (χ1v) is 9.29. The van der Waals surface area contributed by atoms with E-state index in [0.717, 1.165) is 18.3 Å². The summed E-state index contributed by atoms with van der Waals surface area (Å²) in [5, 5.41) is 3.07. The molecule has 1 aromatic carbocycles. The van der Waals surface area contributed by atoms with Crippen LogP contribution in [0.25, 0.3) is 0 Å². The van der Waals surface area contributed by atoms with Gasteiger partial charge in [0.25, 0.3) is 0 Å². The van der Waals surface area contributed by atoms with Crippen molar-refractivity contribution in [2.24, 2.45) is 0 Å². The Labute approximate surface area is 158 Å². The topological polar surface area (TPSA) is 100 Å². The number of amides is 1. The highest BCUT2D eigenvalue weighted by molar-refractivity contribution is 8.07. The van der Waals surface area contributed by atoms with Crippen molar-refractivity contribution in [2.75, 3.05) is 16.6 Å². The molecule has 0 fully saturated rings. The Morgan fingerprint density at radius 2 is 1.93 bits per heavy atom. The molecule has 3 N–H and O–H groups in total. The van der Waals surface area contributed by atoms with Gasteiger partial charge in [-0.05, 0) is 31.2 Å².